The molecule has 3 nitrogen and oxygen atoms in total. The zero-order valence-corrected chi connectivity index (χ0v) is 11.0. The van der Waals surface area contributed by atoms with E-state index in [0.29, 0.717) is 6.42 Å². The summed E-state index contributed by atoms with van der Waals surface area (Å²) in [6.07, 6.45) is 7.02. The highest BCUT2D eigenvalue weighted by Crippen LogP contribution is 2.11. The first-order valence-electron chi connectivity index (χ1n) is 6.83. The number of anilines is 1. The lowest BCUT2D eigenvalue weighted by Gasteiger charge is -2.07. The van der Waals surface area contributed by atoms with Crippen molar-refractivity contribution >= 4 is 12.0 Å². The van der Waals surface area contributed by atoms with Crippen LogP contribution >= 0.6 is 0 Å². The van der Waals surface area contributed by atoms with Crippen molar-refractivity contribution in [3.63, 3.8) is 0 Å². The van der Waals surface area contributed by atoms with E-state index in [0.717, 1.165) is 45.1 Å². The van der Waals surface area contributed by atoms with Crippen LogP contribution in [0.1, 0.15) is 37.7 Å². The first-order chi connectivity index (χ1) is 8.86. The van der Waals surface area contributed by atoms with Crippen molar-refractivity contribution in [1.29, 1.82) is 0 Å². The Bertz CT molecular complexity index is 322. The highest BCUT2D eigenvalue weighted by Gasteiger charge is 1.95. The summed E-state index contributed by atoms with van der Waals surface area (Å²) in [5.74, 6) is 0. The van der Waals surface area contributed by atoms with E-state index in [1.807, 2.05) is 0 Å². The predicted molar refractivity (Wildman–Crippen MR) is 76.8 cm³/mol. The molecule has 1 rings (SSSR count). The second kappa shape index (κ2) is 9.66. The molecule has 0 saturated heterocycles. The summed E-state index contributed by atoms with van der Waals surface area (Å²) in [4.78, 5) is 10.2. The standard InChI is InChI=1S/C15H24N2O/c16-11-3-1-4-12-17-15-9-7-14(8-10-15)6-2-5-13-18/h7-10,13,17H,1-6,11-12,16H2. The first kappa shape index (κ1) is 14.7. The maximum Gasteiger partial charge on any atom is 0.120 e. The summed E-state index contributed by atoms with van der Waals surface area (Å²) < 4.78 is 0. The van der Waals surface area contributed by atoms with E-state index in [-0.39, 0.29) is 0 Å². The van der Waals surface area contributed by atoms with Crippen LogP contribution in [0.2, 0.25) is 0 Å². The molecule has 3 N–H and O–H groups in total. The average molecular weight is 248 g/mol. The van der Waals surface area contributed by atoms with Crippen LogP contribution in [0.4, 0.5) is 5.69 Å². The Kier molecular flexibility index (Phi) is 7.89. The Balaban J connectivity index is 2.20. The van der Waals surface area contributed by atoms with Gasteiger partial charge in [0.25, 0.3) is 0 Å². The molecule has 18 heavy (non-hydrogen) atoms. The number of rotatable bonds is 10. The van der Waals surface area contributed by atoms with E-state index >= 15 is 0 Å². The molecule has 0 spiro atoms. The molecule has 100 valence electrons. The molecule has 0 saturated carbocycles. The number of nitrogens with one attached hydrogen (secondary N) is 1. The third-order valence-corrected chi connectivity index (χ3v) is 2.95. The second-order valence-corrected chi connectivity index (χ2v) is 4.53. The van der Waals surface area contributed by atoms with Gasteiger partial charge in [-0.05, 0) is 49.9 Å². The van der Waals surface area contributed by atoms with Gasteiger partial charge in [-0.15, -0.1) is 0 Å². The molecular weight excluding hydrogens is 224 g/mol. The maximum absolute atomic E-state index is 10.2. The van der Waals surface area contributed by atoms with Gasteiger partial charge in [0.1, 0.15) is 6.29 Å². The van der Waals surface area contributed by atoms with Crippen molar-refractivity contribution in [2.24, 2.45) is 5.73 Å². The monoisotopic (exact) mass is 248 g/mol. The number of aldehydes is 1. The molecule has 0 heterocycles. The summed E-state index contributed by atoms with van der Waals surface area (Å²) in [5, 5.41) is 3.40. The van der Waals surface area contributed by atoms with Crippen molar-refractivity contribution in [2.45, 2.75) is 38.5 Å². The highest BCUT2D eigenvalue weighted by atomic mass is 16.1. The van der Waals surface area contributed by atoms with Crippen LogP contribution in [0.5, 0.6) is 0 Å². The summed E-state index contributed by atoms with van der Waals surface area (Å²) in [6.45, 7) is 1.79. The molecule has 1 aromatic rings. The van der Waals surface area contributed by atoms with Gasteiger partial charge in [-0.1, -0.05) is 18.6 Å². The van der Waals surface area contributed by atoms with E-state index in [9.17, 15) is 4.79 Å². The van der Waals surface area contributed by atoms with Crippen LogP contribution in [0.25, 0.3) is 0 Å². The Morgan fingerprint density at radius 2 is 1.83 bits per heavy atom. The van der Waals surface area contributed by atoms with Crippen LogP contribution in [-0.2, 0) is 11.2 Å². The number of nitrogens with two attached hydrogens (primary N) is 1. The second-order valence-electron chi connectivity index (χ2n) is 4.53. The lowest BCUT2D eigenvalue weighted by molar-refractivity contribution is -0.107. The Morgan fingerprint density at radius 3 is 2.50 bits per heavy atom. The van der Waals surface area contributed by atoms with Gasteiger partial charge < -0.3 is 15.8 Å². The van der Waals surface area contributed by atoms with Gasteiger partial charge in [-0.2, -0.15) is 0 Å². The third-order valence-electron chi connectivity index (χ3n) is 2.95. The van der Waals surface area contributed by atoms with Gasteiger partial charge in [-0.25, -0.2) is 0 Å². The number of benzene rings is 1. The van der Waals surface area contributed by atoms with E-state index in [4.69, 9.17) is 5.73 Å². The SMILES string of the molecule is NCCCCCNc1ccc(CCCC=O)cc1. The summed E-state index contributed by atoms with van der Waals surface area (Å²) >= 11 is 0. The molecule has 0 aliphatic heterocycles. The van der Waals surface area contributed by atoms with Crippen LogP contribution in [-0.4, -0.2) is 19.4 Å². The predicted octanol–water partition coefficient (Wildman–Crippen LogP) is 2.75. The molecule has 0 aliphatic carbocycles. The number of carbonyl (C=O) groups excluding carboxylic acids is 1. The van der Waals surface area contributed by atoms with E-state index in [1.165, 1.54) is 17.7 Å². The zero-order valence-electron chi connectivity index (χ0n) is 11.0. The van der Waals surface area contributed by atoms with Crippen molar-refractivity contribution in [3.05, 3.63) is 29.8 Å². The average Bonchev–Trinajstić information content (AvgIpc) is 2.40. The van der Waals surface area contributed by atoms with E-state index in [1.54, 1.807) is 0 Å². The summed E-state index contributed by atoms with van der Waals surface area (Å²) in [6, 6.07) is 8.48. The Morgan fingerprint density at radius 1 is 1.06 bits per heavy atom. The third kappa shape index (κ3) is 6.40. The molecule has 0 amide bonds. The molecule has 0 bridgehead atoms. The van der Waals surface area contributed by atoms with Crippen molar-refractivity contribution in [1.82, 2.24) is 0 Å². The highest BCUT2D eigenvalue weighted by molar-refractivity contribution is 5.49. The van der Waals surface area contributed by atoms with Crippen molar-refractivity contribution in [2.75, 3.05) is 18.4 Å². The molecular formula is C15H24N2O. The summed E-state index contributed by atoms with van der Waals surface area (Å²) in [5.41, 5.74) is 7.91. The normalized spacial score (nSPS) is 10.3. The van der Waals surface area contributed by atoms with Gasteiger partial charge >= 0.3 is 0 Å². The largest absolute Gasteiger partial charge is 0.385 e. The molecule has 0 radical (unpaired) electrons. The van der Waals surface area contributed by atoms with Gasteiger partial charge in [0.2, 0.25) is 0 Å². The van der Waals surface area contributed by atoms with E-state index in [2.05, 4.69) is 29.6 Å². The number of carbonyl (C=O) groups is 1. The first-order valence-corrected chi connectivity index (χ1v) is 6.83. The minimum atomic E-state index is 0.654. The minimum Gasteiger partial charge on any atom is -0.385 e. The van der Waals surface area contributed by atoms with Gasteiger partial charge in [-0.3, -0.25) is 0 Å². The lowest BCUT2D eigenvalue weighted by Crippen LogP contribution is -2.03. The van der Waals surface area contributed by atoms with Gasteiger partial charge in [0, 0.05) is 18.7 Å². The number of unbranched alkanes of at least 4 members (excludes halogenated alkanes) is 3. The maximum atomic E-state index is 10.2. The molecule has 0 aromatic heterocycles. The van der Waals surface area contributed by atoms with Crippen LogP contribution in [0.15, 0.2) is 24.3 Å². The Labute approximate surface area is 110 Å². The fourth-order valence-electron chi connectivity index (χ4n) is 1.86. The Hall–Kier alpha value is -1.35. The van der Waals surface area contributed by atoms with E-state index < -0.39 is 0 Å². The molecule has 0 unspecified atom stereocenters. The fraction of sp³-hybridized carbons (Fsp3) is 0.533. The topological polar surface area (TPSA) is 55.1 Å². The number of aryl methyl sites for hydroxylation is 1. The number of hydrogen-bond acceptors (Lipinski definition) is 3. The lowest BCUT2D eigenvalue weighted by atomic mass is 10.1. The molecule has 1 aromatic carbocycles. The van der Waals surface area contributed by atoms with Crippen LogP contribution in [0, 0.1) is 0 Å². The van der Waals surface area contributed by atoms with Gasteiger partial charge in [0.05, 0.1) is 0 Å². The van der Waals surface area contributed by atoms with Crippen LogP contribution < -0.4 is 11.1 Å². The minimum absolute atomic E-state index is 0.654. The van der Waals surface area contributed by atoms with Crippen molar-refractivity contribution < 1.29 is 4.79 Å². The molecule has 0 fully saturated rings. The van der Waals surface area contributed by atoms with Crippen LogP contribution in [0.3, 0.4) is 0 Å². The number of hydrogen-bond donors (Lipinski definition) is 2. The molecule has 0 aliphatic rings. The zero-order chi connectivity index (χ0) is 13.1. The smallest absolute Gasteiger partial charge is 0.120 e. The molecule has 3 heteroatoms. The van der Waals surface area contributed by atoms with Gasteiger partial charge in [0.15, 0.2) is 0 Å². The fourth-order valence-corrected chi connectivity index (χ4v) is 1.86. The quantitative estimate of drug-likeness (QED) is 0.494. The van der Waals surface area contributed by atoms with Crippen molar-refractivity contribution in [3.8, 4) is 0 Å². The summed E-state index contributed by atoms with van der Waals surface area (Å²) in [7, 11) is 0. The molecule has 0 atom stereocenters.